The molecule has 0 aromatic heterocycles. The molecule has 128 valence electrons. The molecule has 1 amide bonds. The van der Waals surface area contributed by atoms with Gasteiger partial charge in [-0.05, 0) is 20.9 Å². The SMILES string of the molecule is CC(C)C(=O)CN(C)C(C)(C)C(=O)CN(CCN)C(=O)CN. The van der Waals surface area contributed by atoms with E-state index in [0.717, 1.165) is 0 Å². The van der Waals surface area contributed by atoms with Crippen molar-refractivity contribution in [3.63, 3.8) is 0 Å². The molecule has 0 rings (SSSR count). The van der Waals surface area contributed by atoms with Gasteiger partial charge in [0.05, 0.1) is 25.2 Å². The quantitative estimate of drug-likeness (QED) is 0.548. The van der Waals surface area contributed by atoms with E-state index in [9.17, 15) is 14.4 Å². The Kier molecular flexibility index (Phi) is 8.44. The average Bonchev–Trinajstić information content (AvgIpc) is 2.45. The van der Waals surface area contributed by atoms with E-state index < -0.39 is 5.54 Å². The highest BCUT2D eigenvalue weighted by atomic mass is 16.2. The number of hydrogen-bond acceptors (Lipinski definition) is 6. The van der Waals surface area contributed by atoms with Crippen LogP contribution in [0.2, 0.25) is 0 Å². The molecular formula is C15H30N4O3. The molecule has 7 heteroatoms. The maximum absolute atomic E-state index is 12.5. The molecule has 0 unspecified atom stereocenters. The van der Waals surface area contributed by atoms with Gasteiger partial charge >= 0.3 is 0 Å². The van der Waals surface area contributed by atoms with Gasteiger partial charge in [-0.3, -0.25) is 19.3 Å². The summed E-state index contributed by atoms with van der Waals surface area (Å²) in [5.41, 5.74) is 9.96. The van der Waals surface area contributed by atoms with Crippen LogP contribution in [-0.2, 0) is 14.4 Å². The minimum Gasteiger partial charge on any atom is -0.333 e. The molecule has 0 aromatic rings. The van der Waals surface area contributed by atoms with E-state index in [-0.39, 0.29) is 56.1 Å². The van der Waals surface area contributed by atoms with E-state index >= 15 is 0 Å². The van der Waals surface area contributed by atoms with E-state index in [2.05, 4.69) is 0 Å². The standard InChI is InChI=1S/C15H30N4O3/c1-11(2)12(20)9-18(5)15(3,4)13(21)10-19(7-6-16)14(22)8-17/h11H,6-10,16-17H2,1-5H3. The molecule has 4 N–H and O–H groups in total. The Balaban J connectivity index is 4.91. The van der Waals surface area contributed by atoms with Crippen LogP contribution in [0.25, 0.3) is 0 Å². The number of carbonyl (C=O) groups is 3. The van der Waals surface area contributed by atoms with Crippen LogP contribution in [0.15, 0.2) is 0 Å². The summed E-state index contributed by atoms with van der Waals surface area (Å²) in [7, 11) is 1.73. The van der Waals surface area contributed by atoms with Crippen molar-refractivity contribution in [2.45, 2.75) is 33.2 Å². The first kappa shape index (κ1) is 20.7. The number of nitrogens with zero attached hydrogens (tertiary/aromatic N) is 2. The van der Waals surface area contributed by atoms with Gasteiger partial charge in [0.15, 0.2) is 5.78 Å². The van der Waals surface area contributed by atoms with Gasteiger partial charge in [-0.15, -0.1) is 0 Å². The fourth-order valence-electron chi connectivity index (χ4n) is 1.77. The first-order valence-corrected chi connectivity index (χ1v) is 7.53. The summed E-state index contributed by atoms with van der Waals surface area (Å²) in [5, 5.41) is 0. The van der Waals surface area contributed by atoms with E-state index in [1.54, 1.807) is 25.8 Å². The van der Waals surface area contributed by atoms with Crippen LogP contribution in [0.5, 0.6) is 0 Å². The summed E-state index contributed by atoms with van der Waals surface area (Å²) >= 11 is 0. The second-order valence-corrected chi connectivity index (χ2v) is 6.27. The third-order valence-corrected chi connectivity index (χ3v) is 3.93. The van der Waals surface area contributed by atoms with Crippen molar-refractivity contribution in [3.05, 3.63) is 0 Å². The van der Waals surface area contributed by atoms with Crippen LogP contribution in [-0.4, -0.2) is 72.6 Å². The zero-order chi connectivity index (χ0) is 17.5. The fraction of sp³-hybridized carbons (Fsp3) is 0.800. The molecule has 22 heavy (non-hydrogen) atoms. The lowest BCUT2D eigenvalue weighted by atomic mass is 9.95. The zero-order valence-corrected chi connectivity index (χ0v) is 14.4. The number of ketones is 2. The van der Waals surface area contributed by atoms with Crippen LogP contribution < -0.4 is 11.5 Å². The van der Waals surface area contributed by atoms with E-state index in [0.29, 0.717) is 0 Å². The number of nitrogens with two attached hydrogens (primary N) is 2. The molecule has 0 radical (unpaired) electrons. The lowest BCUT2D eigenvalue weighted by molar-refractivity contribution is -0.139. The van der Waals surface area contributed by atoms with Crippen molar-refractivity contribution in [1.82, 2.24) is 9.80 Å². The Bertz CT molecular complexity index is 408. The highest BCUT2D eigenvalue weighted by Crippen LogP contribution is 2.15. The zero-order valence-electron chi connectivity index (χ0n) is 14.4. The fourth-order valence-corrected chi connectivity index (χ4v) is 1.77. The first-order chi connectivity index (χ1) is 10.1. The van der Waals surface area contributed by atoms with Crippen LogP contribution >= 0.6 is 0 Å². The number of hydrogen-bond donors (Lipinski definition) is 2. The molecule has 0 spiro atoms. The smallest absolute Gasteiger partial charge is 0.236 e. The summed E-state index contributed by atoms with van der Waals surface area (Å²) in [4.78, 5) is 39.2. The molecule has 0 aliphatic rings. The predicted molar refractivity (Wildman–Crippen MR) is 86.2 cm³/mol. The van der Waals surface area contributed by atoms with Gasteiger partial charge in [-0.2, -0.15) is 0 Å². The average molecular weight is 314 g/mol. The van der Waals surface area contributed by atoms with Crippen molar-refractivity contribution >= 4 is 17.5 Å². The van der Waals surface area contributed by atoms with Gasteiger partial charge in [-0.25, -0.2) is 0 Å². The Morgan fingerprint density at radius 2 is 1.64 bits per heavy atom. The summed E-state index contributed by atoms with van der Waals surface area (Å²) in [6, 6.07) is 0. The van der Waals surface area contributed by atoms with Gasteiger partial charge in [-0.1, -0.05) is 13.8 Å². The Hall–Kier alpha value is -1.31. The maximum Gasteiger partial charge on any atom is 0.236 e. The van der Waals surface area contributed by atoms with Gasteiger partial charge in [0.2, 0.25) is 5.91 Å². The summed E-state index contributed by atoms with van der Waals surface area (Å²) < 4.78 is 0. The third kappa shape index (κ3) is 5.82. The molecule has 0 aliphatic carbocycles. The number of rotatable bonds is 10. The molecule has 0 saturated carbocycles. The Labute approximate surface area is 133 Å². The van der Waals surface area contributed by atoms with Gasteiger partial charge < -0.3 is 16.4 Å². The second-order valence-electron chi connectivity index (χ2n) is 6.27. The predicted octanol–water partition coefficient (Wildman–Crippen LogP) is -0.763. The molecule has 7 nitrogen and oxygen atoms in total. The number of likely N-dealkylation sites (N-methyl/N-ethyl adjacent to an activating group) is 1. The summed E-state index contributed by atoms with van der Waals surface area (Å²) in [6.07, 6.45) is 0. The Morgan fingerprint density at radius 1 is 1.09 bits per heavy atom. The van der Waals surface area contributed by atoms with Crippen molar-refractivity contribution in [1.29, 1.82) is 0 Å². The largest absolute Gasteiger partial charge is 0.333 e. The minimum atomic E-state index is -0.855. The molecule has 0 saturated heterocycles. The monoisotopic (exact) mass is 314 g/mol. The highest BCUT2D eigenvalue weighted by molar-refractivity contribution is 5.93. The lowest BCUT2D eigenvalue weighted by Crippen LogP contribution is -2.55. The van der Waals surface area contributed by atoms with Crippen molar-refractivity contribution in [3.8, 4) is 0 Å². The summed E-state index contributed by atoms with van der Waals surface area (Å²) in [5.74, 6) is -0.474. The van der Waals surface area contributed by atoms with Crippen LogP contribution in [0, 0.1) is 5.92 Å². The van der Waals surface area contributed by atoms with E-state index in [1.165, 1.54) is 4.90 Å². The molecule has 0 fully saturated rings. The topological polar surface area (TPSA) is 110 Å². The van der Waals surface area contributed by atoms with Gasteiger partial charge in [0.1, 0.15) is 5.78 Å². The number of Topliss-reactive ketones (excluding diaryl/α,β-unsaturated/α-hetero) is 2. The van der Waals surface area contributed by atoms with Crippen molar-refractivity contribution in [2.75, 3.05) is 39.8 Å². The lowest BCUT2D eigenvalue weighted by Gasteiger charge is -2.35. The highest BCUT2D eigenvalue weighted by Gasteiger charge is 2.34. The third-order valence-electron chi connectivity index (χ3n) is 3.93. The molecule has 0 bridgehead atoms. The summed E-state index contributed by atoms with van der Waals surface area (Å²) in [6.45, 7) is 7.68. The molecule has 0 heterocycles. The van der Waals surface area contributed by atoms with Crippen LogP contribution in [0.3, 0.4) is 0 Å². The molecule has 0 atom stereocenters. The normalized spacial score (nSPS) is 11.9. The Morgan fingerprint density at radius 3 is 2.05 bits per heavy atom. The van der Waals surface area contributed by atoms with Gasteiger partial charge in [0.25, 0.3) is 0 Å². The van der Waals surface area contributed by atoms with Crippen molar-refractivity contribution < 1.29 is 14.4 Å². The van der Waals surface area contributed by atoms with Gasteiger partial charge in [0, 0.05) is 19.0 Å². The van der Waals surface area contributed by atoms with E-state index in [1.807, 2.05) is 13.8 Å². The van der Waals surface area contributed by atoms with Crippen LogP contribution in [0.1, 0.15) is 27.7 Å². The number of carbonyl (C=O) groups excluding carboxylic acids is 3. The first-order valence-electron chi connectivity index (χ1n) is 7.53. The molecule has 0 aliphatic heterocycles. The molecular weight excluding hydrogens is 284 g/mol. The van der Waals surface area contributed by atoms with Crippen LogP contribution in [0.4, 0.5) is 0 Å². The minimum absolute atomic E-state index is 0.0551. The maximum atomic E-state index is 12.5. The van der Waals surface area contributed by atoms with E-state index in [4.69, 9.17) is 11.5 Å². The second kappa shape index (κ2) is 8.97. The molecule has 0 aromatic carbocycles. The number of amides is 1. The van der Waals surface area contributed by atoms with Crippen molar-refractivity contribution in [2.24, 2.45) is 17.4 Å².